The molecule has 8 heteroatoms. The molecule has 1 unspecified atom stereocenters. The number of carbonyl (C=O) groups is 3. The molecule has 42 heavy (non-hydrogen) atoms. The van der Waals surface area contributed by atoms with Gasteiger partial charge >= 0.3 is 0 Å². The van der Waals surface area contributed by atoms with E-state index in [1.807, 2.05) is 67.6 Å². The Morgan fingerprint density at radius 3 is 2.17 bits per heavy atom. The van der Waals surface area contributed by atoms with Gasteiger partial charge in [0.2, 0.25) is 11.7 Å². The second-order valence-electron chi connectivity index (χ2n) is 9.82. The molecule has 0 heterocycles. The Hall–Kier alpha value is -4.59. The molecule has 3 rings (SSSR count). The highest BCUT2D eigenvalue weighted by molar-refractivity contribution is 6.38. The summed E-state index contributed by atoms with van der Waals surface area (Å²) in [6.07, 6.45) is 4.71. The second kappa shape index (κ2) is 16.6. The van der Waals surface area contributed by atoms with Crippen LogP contribution in [0.5, 0.6) is 17.2 Å². The zero-order valence-corrected chi connectivity index (χ0v) is 24.8. The number of hydrogen-bond donors (Lipinski definition) is 2. The number of nitrogens with one attached hydrogen (secondary N) is 2. The fourth-order valence-corrected chi connectivity index (χ4v) is 4.43. The lowest BCUT2D eigenvalue weighted by atomic mass is 9.99. The zero-order valence-electron chi connectivity index (χ0n) is 24.8. The van der Waals surface area contributed by atoms with Crippen molar-refractivity contribution in [3.8, 4) is 17.2 Å². The summed E-state index contributed by atoms with van der Waals surface area (Å²) < 4.78 is 15.9. The number of Topliss-reactive ketones (excluding diaryl/α,β-unsaturated/α-hetero) is 1. The molecule has 1 atom stereocenters. The third kappa shape index (κ3) is 9.51. The number of rotatable bonds is 16. The lowest BCUT2D eigenvalue weighted by molar-refractivity contribution is -0.139. The van der Waals surface area contributed by atoms with Gasteiger partial charge in [0.05, 0.1) is 21.3 Å². The van der Waals surface area contributed by atoms with Crippen molar-refractivity contribution in [1.29, 1.82) is 0 Å². The number of ether oxygens (including phenoxy) is 3. The number of amides is 2. The standard InChI is InChI=1S/C34H40N2O6/c1-5-6-12-27(21-26-15-18-30(41-3)31(23-26)42-4)33(38)36-29(22-25-10-8-7-9-11-25)32(37)34(39)35-20-19-24-13-16-28(40-2)17-14-24/h7-11,13-18,21,23,29H,5-6,12,19-20,22H2,1-4H3,(H,35,39)(H,36,38)/b27-21+. The van der Waals surface area contributed by atoms with Crippen LogP contribution in [0.25, 0.3) is 6.08 Å². The van der Waals surface area contributed by atoms with Gasteiger partial charge in [0.15, 0.2) is 11.5 Å². The fourth-order valence-electron chi connectivity index (χ4n) is 4.43. The number of carbonyl (C=O) groups excluding carboxylic acids is 3. The van der Waals surface area contributed by atoms with Gasteiger partial charge in [0.25, 0.3) is 5.91 Å². The quantitative estimate of drug-likeness (QED) is 0.186. The lowest BCUT2D eigenvalue weighted by Crippen LogP contribution is -2.49. The first-order valence-corrected chi connectivity index (χ1v) is 14.1. The Labute approximate surface area is 248 Å². The first kappa shape index (κ1) is 31.9. The zero-order chi connectivity index (χ0) is 30.3. The average molecular weight is 573 g/mol. The van der Waals surface area contributed by atoms with Gasteiger partial charge in [-0.3, -0.25) is 14.4 Å². The normalized spacial score (nSPS) is 11.8. The SMILES string of the molecule is CCCC/C(=C\c1ccc(OC)c(OC)c1)C(=O)NC(Cc1ccccc1)C(=O)C(=O)NCCc1ccc(OC)cc1. The Kier molecular flexibility index (Phi) is 12.6. The molecule has 3 aromatic rings. The first-order valence-electron chi connectivity index (χ1n) is 14.1. The maximum absolute atomic E-state index is 13.6. The molecule has 2 N–H and O–H groups in total. The first-order chi connectivity index (χ1) is 20.4. The molecule has 222 valence electrons. The van der Waals surface area contributed by atoms with E-state index in [0.717, 1.165) is 35.3 Å². The van der Waals surface area contributed by atoms with E-state index in [-0.39, 0.29) is 13.0 Å². The van der Waals surface area contributed by atoms with Crippen molar-refractivity contribution in [3.63, 3.8) is 0 Å². The van der Waals surface area contributed by atoms with E-state index in [1.54, 1.807) is 39.5 Å². The van der Waals surface area contributed by atoms with Crippen LogP contribution >= 0.6 is 0 Å². The van der Waals surface area contributed by atoms with Crippen LogP contribution in [0.1, 0.15) is 42.9 Å². The van der Waals surface area contributed by atoms with Crippen molar-refractivity contribution in [2.75, 3.05) is 27.9 Å². The predicted molar refractivity (Wildman–Crippen MR) is 164 cm³/mol. The molecule has 0 aromatic heterocycles. The van der Waals surface area contributed by atoms with Crippen LogP contribution in [-0.4, -0.2) is 51.5 Å². The molecule has 0 saturated heterocycles. The van der Waals surface area contributed by atoms with E-state index in [4.69, 9.17) is 14.2 Å². The highest BCUT2D eigenvalue weighted by atomic mass is 16.5. The van der Waals surface area contributed by atoms with Crippen molar-refractivity contribution in [3.05, 3.63) is 95.1 Å². The van der Waals surface area contributed by atoms with E-state index in [2.05, 4.69) is 10.6 Å². The Bertz CT molecular complexity index is 1350. The molecular weight excluding hydrogens is 532 g/mol. The van der Waals surface area contributed by atoms with E-state index in [0.29, 0.717) is 29.9 Å². The summed E-state index contributed by atoms with van der Waals surface area (Å²) in [5.74, 6) is 0.0618. The van der Waals surface area contributed by atoms with Crippen LogP contribution in [0, 0.1) is 0 Å². The van der Waals surface area contributed by atoms with Crippen LogP contribution < -0.4 is 24.8 Å². The summed E-state index contributed by atoms with van der Waals surface area (Å²) in [6, 6.07) is 21.2. The van der Waals surface area contributed by atoms with Crippen molar-refractivity contribution >= 4 is 23.7 Å². The summed E-state index contributed by atoms with van der Waals surface area (Å²) in [4.78, 5) is 39.9. The van der Waals surface area contributed by atoms with Gasteiger partial charge in [0, 0.05) is 18.5 Å². The molecule has 2 amide bonds. The van der Waals surface area contributed by atoms with Crippen LogP contribution in [-0.2, 0) is 27.2 Å². The maximum Gasteiger partial charge on any atom is 0.289 e. The second-order valence-corrected chi connectivity index (χ2v) is 9.82. The number of methoxy groups -OCH3 is 3. The third-order valence-electron chi connectivity index (χ3n) is 6.83. The largest absolute Gasteiger partial charge is 0.497 e. The average Bonchev–Trinajstić information content (AvgIpc) is 3.02. The minimum absolute atomic E-state index is 0.189. The smallest absolute Gasteiger partial charge is 0.289 e. The van der Waals surface area contributed by atoms with Crippen molar-refractivity contribution in [2.45, 2.75) is 45.1 Å². The van der Waals surface area contributed by atoms with Crippen LogP contribution in [0.2, 0.25) is 0 Å². The number of unbranched alkanes of at least 4 members (excludes halogenated alkanes) is 1. The summed E-state index contributed by atoms with van der Waals surface area (Å²) in [7, 11) is 4.72. The molecule has 3 aromatic carbocycles. The van der Waals surface area contributed by atoms with Gasteiger partial charge in [-0.05, 0) is 66.3 Å². The van der Waals surface area contributed by atoms with Gasteiger partial charge in [-0.2, -0.15) is 0 Å². The minimum atomic E-state index is -1.03. The number of ketones is 1. The molecule has 0 aliphatic heterocycles. The van der Waals surface area contributed by atoms with E-state index < -0.39 is 23.6 Å². The summed E-state index contributed by atoms with van der Waals surface area (Å²) in [6.45, 7) is 2.33. The van der Waals surface area contributed by atoms with Gasteiger partial charge in [0.1, 0.15) is 11.8 Å². The lowest BCUT2D eigenvalue weighted by Gasteiger charge is -2.19. The highest BCUT2D eigenvalue weighted by Gasteiger charge is 2.28. The van der Waals surface area contributed by atoms with E-state index >= 15 is 0 Å². The monoisotopic (exact) mass is 572 g/mol. The van der Waals surface area contributed by atoms with Gasteiger partial charge in [-0.15, -0.1) is 0 Å². The molecule has 0 spiro atoms. The Morgan fingerprint density at radius 2 is 1.52 bits per heavy atom. The van der Waals surface area contributed by atoms with Crippen LogP contribution in [0.4, 0.5) is 0 Å². The molecule has 0 aliphatic carbocycles. The molecule has 0 aliphatic rings. The van der Waals surface area contributed by atoms with Crippen LogP contribution in [0.15, 0.2) is 78.4 Å². The number of hydrogen-bond acceptors (Lipinski definition) is 6. The minimum Gasteiger partial charge on any atom is -0.497 e. The molecular formula is C34H40N2O6. The van der Waals surface area contributed by atoms with Crippen molar-refractivity contribution in [2.24, 2.45) is 0 Å². The van der Waals surface area contributed by atoms with E-state index in [1.165, 1.54) is 0 Å². The predicted octanol–water partition coefficient (Wildman–Crippen LogP) is 4.94. The Morgan fingerprint density at radius 1 is 0.810 bits per heavy atom. The third-order valence-corrected chi connectivity index (χ3v) is 6.83. The summed E-state index contributed by atoms with van der Waals surface area (Å²) >= 11 is 0. The summed E-state index contributed by atoms with van der Waals surface area (Å²) in [5, 5.41) is 5.57. The molecule has 8 nitrogen and oxygen atoms in total. The number of benzene rings is 3. The highest BCUT2D eigenvalue weighted by Crippen LogP contribution is 2.29. The van der Waals surface area contributed by atoms with Gasteiger partial charge in [-0.1, -0.05) is 61.9 Å². The topological polar surface area (TPSA) is 103 Å². The fraction of sp³-hybridized carbons (Fsp3) is 0.324. The van der Waals surface area contributed by atoms with Crippen molar-refractivity contribution in [1.82, 2.24) is 10.6 Å². The summed E-state index contributed by atoms with van der Waals surface area (Å²) in [5.41, 5.74) is 3.10. The molecule has 0 saturated carbocycles. The molecule has 0 fully saturated rings. The van der Waals surface area contributed by atoms with Crippen LogP contribution in [0.3, 0.4) is 0 Å². The van der Waals surface area contributed by atoms with Gasteiger partial charge < -0.3 is 24.8 Å². The Balaban J connectivity index is 1.77. The molecule has 0 bridgehead atoms. The van der Waals surface area contributed by atoms with Gasteiger partial charge in [-0.25, -0.2) is 0 Å². The van der Waals surface area contributed by atoms with E-state index in [9.17, 15) is 14.4 Å². The maximum atomic E-state index is 13.6. The van der Waals surface area contributed by atoms with Crippen molar-refractivity contribution < 1.29 is 28.6 Å². The molecule has 0 radical (unpaired) electrons.